The summed E-state index contributed by atoms with van der Waals surface area (Å²) in [5.41, 5.74) is -1.45. The Kier molecular flexibility index (Phi) is 8.09. The standard InChI is InChI=1S/C18H20F3N3O4S/c1-3-24-7-6-15(25)23-17(24)29-11-16(26)22-13-10-12(18(19,20)21)4-5-14(13)28-9-8-27-2/h4-7,10H,3,8-9,11H2,1-2H3,(H,22,26). The Balaban J connectivity index is 2.14. The van der Waals surface area contributed by atoms with Crippen molar-refractivity contribution < 1.29 is 27.4 Å². The maximum absolute atomic E-state index is 13.0. The number of nitrogens with zero attached hydrogens (tertiary/aromatic N) is 2. The summed E-state index contributed by atoms with van der Waals surface area (Å²) in [5, 5.41) is 2.77. The van der Waals surface area contributed by atoms with E-state index in [1.54, 1.807) is 10.8 Å². The van der Waals surface area contributed by atoms with Crippen LogP contribution in [0.2, 0.25) is 0 Å². The lowest BCUT2D eigenvalue weighted by molar-refractivity contribution is -0.137. The average Bonchev–Trinajstić information content (AvgIpc) is 2.67. The Bertz CT molecular complexity index is 903. The number of aryl methyl sites for hydroxylation is 1. The van der Waals surface area contributed by atoms with Crippen LogP contribution in [-0.4, -0.2) is 41.5 Å². The number of methoxy groups -OCH3 is 1. The van der Waals surface area contributed by atoms with Crippen molar-refractivity contribution in [2.75, 3.05) is 31.4 Å². The van der Waals surface area contributed by atoms with E-state index in [-0.39, 0.29) is 30.4 Å². The molecule has 1 amide bonds. The number of halogens is 3. The number of nitrogens with one attached hydrogen (secondary N) is 1. The third kappa shape index (κ3) is 6.79. The lowest BCUT2D eigenvalue weighted by Gasteiger charge is -2.15. The summed E-state index contributed by atoms with van der Waals surface area (Å²) in [4.78, 5) is 27.6. The fourth-order valence-electron chi connectivity index (χ4n) is 2.25. The number of alkyl halides is 3. The van der Waals surface area contributed by atoms with Crippen molar-refractivity contribution in [1.82, 2.24) is 9.55 Å². The van der Waals surface area contributed by atoms with Gasteiger partial charge in [0.05, 0.1) is 23.6 Å². The Hall–Kier alpha value is -2.53. The third-order valence-electron chi connectivity index (χ3n) is 3.65. The zero-order chi connectivity index (χ0) is 21.4. The Morgan fingerprint density at radius 1 is 1.28 bits per heavy atom. The molecule has 2 aromatic rings. The second kappa shape index (κ2) is 10.3. The molecule has 1 aromatic carbocycles. The van der Waals surface area contributed by atoms with E-state index < -0.39 is 23.2 Å². The number of amides is 1. The molecule has 11 heteroatoms. The van der Waals surface area contributed by atoms with Crippen LogP contribution in [0.5, 0.6) is 5.75 Å². The summed E-state index contributed by atoms with van der Waals surface area (Å²) < 4.78 is 51.0. The molecule has 0 aliphatic carbocycles. The van der Waals surface area contributed by atoms with Crippen LogP contribution in [0.1, 0.15) is 12.5 Å². The summed E-state index contributed by atoms with van der Waals surface area (Å²) in [6, 6.07) is 4.14. The Morgan fingerprint density at radius 2 is 2.03 bits per heavy atom. The van der Waals surface area contributed by atoms with E-state index in [4.69, 9.17) is 9.47 Å². The molecule has 0 fully saturated rings. The number of hydrogen-bond donors (Lipinski definition) is 1. The predicted molar refractivity (Wildman–Crippen MR) is 102 cm³/mol. The van der Waals surface area contributed by atoms with Crippen molar-refractivity contribution in [2.24, 2.45) is 0 Å². The first-order valence-electron chi connectivity index (χ1n) is 8.57. The van der Waals surface area contributed by atoms with Crippen LogP contribution in [0.25, 0.3) is 0 Å². The van der Waals surface area contributed by atoms with Crippen LogP contribution in [0.15, 0.2) is 40.4 Å². The number of carbonyl (C=O) groups excluding carboxylic acids is 1. The molecule has 0 unspecified atom stereocenters. The van der Waals surface area contributed by atoms with Crippen molar-refractivity contribution in [3.05, 3.63) is 46.4 Å². The smallest absolute Gasteiger partial charge is 0.416 e. The van der Waals surface area contributed by atoms with Crippen LogP contribution >= 0.6 is 11.8 Å². The van der Waals surface area contributed by atoms with Crippen molar-refractivity contribution in [1.29, 1.82) is 0 Å². The molecule has 158 valence electrons. The first-order chi connectivity index (χ1) is 13.7. The molecule has 1 aromatic heterocycles. The van der Waals surface area contributed by atoms with Crippen LogP contribution < -0.4 is 15.6 Å². The highest BCUT2D eigenvalue weighted by Crippen LogP contribution is 2.35. The van der Waals surface area contributed by atoms with E-state index in [0.29, 0.717) is 11.7 Å². The number of aromatic nitrogens is 2. The van der Waals surface area contributed by atoms with Gasteiger partial charge in [-0.3, -0.25) is 9.59 Å². The first kappa shape index (κ1) is 22.8. The van der Waals surface area contributed by atoms with Gasteiger partial charge in [-0.05, 0) is 25.1 Å². The quantitative estimate of drug-likeness (QED) is 0.373. The molecule has 0 bridgehead atoms. The molecule has 1 heterocycles. The van der Waals surface area contributed by atoms with Gasteiger partial charge in [0.15, 0.2) is 5.16 Å². The molecule has 0 radical (unpaired) electrons. The maximum atomic E-state index is 13.0. The second-order valence-electron chi connectivity index (χ2n) is 5.72. The minimum atomic E-state index is -4.57. The van der Waals surface area contributed by atoms with Crippen LogP contribution in [0, 0.1) is 0 Å². The minimum absolute atomic E-state index is 0.0942. The summed E-state index contributed by atoms with van der Waals surface area (Å²) in [7, 11) is 1.46. The van der Waals surface area contributed by atoms with Gasteiger partial charge in [-0.25, -0.2) is 0 Å². The normalized spacial score (nSPS) is 11.3. The fraction of sp³-hybridized carbons (Fsp3) is 0.389. The molecule has 2 rings (SSSR count). The van der Waals surface area contributed by atoms with E-state index in [1.165, 1.54) is 13.2 Å². The molecule has 1 N–H and O–H groups in total. The number of hydrogen-bond acceptors (Lipinski definition) is 6. The highest BCUT2D eigenvalue weighted by Gasteiger charge is 2.31. The Morgan fingerprint density at radius 3 is 2.69 bits per heavy atom. The molecule has 0 saturated heterocycles. The third-order valence-corrected chi connectivity index (χ3v) is 4.64. The molecule has 0 aliphatic heterocycles. The van der Waals surface area contributed by atoms with E-state index in [2.05, 4.69) is 10.3 Å². The SMILES string of the molecule is CCn1ccc(=O)nc1SCC(=O)Nc1cc(C(F)(F)F)ccc1OCCOC. The van der Waals surface area contributed by atoms with Crippen molar-refractivity contribution in [3.8, 4) is 5.75 Å². The maximum Gasteiger partial charge on any atom is 0.416 e. The number of carbonyl (C=O) groups is 1. The van der Waals surface area contributed by atoms with Crippen molar-refractivity contribution >= 4 is 23.4 Å². The van der Waals surface area contributed by atoms with Crippen molar-refractivity contribution in [3.63, 3.8) is 0 Å². The molecule has 0 saturated carbocycles. The first-order valence-corrected chi connectivity index (χ1v) is 9.56. The minimum Gasteiger partial charge on any atom is -0.489 e. The largest absolute Gasteiger partial charge is 0.489 e. The lowest BCUT2D eigenvalue weighted by atomic mass is 10.1. The molecular weight excluding hydrogens is 411 g/mol. The number of benzene rings is 1. The Labute approximate surface area is 169 Å². The topological polar surface area (TPSA) is 82.5 Å². The zero-order valence-electron chi connectivity index (χ0n) is 15.8. The van der Waals surface area contributed by atoms with Gasteiger partial charge in [0, 0.05) is 25.9 Å². The molecule has 0 spiro atoms. The summed E-state index contributed by atoms with van der Waals surface area (Å²) >= 11 is 1.01. The monoisotopic (exact) mass is 431 g/mol. The number of thioether (sulfide) groups is 1. The van der Waals surface area contributed by atoms with Gasteiger partial charge in [-0.1, -0.05) is 11.8 Å². The molecule has 0 atom stereocenters. The predicted octanol–water partition coefficient (Wildman–Crippen LogP) is 3.04. The fourth-order valence-corrected chi connectivity index (χ4v) is 3.09. The van der Waals surface area contributed by atoms with Crippen LogP contribution in [0.4, 0.5) is 18.9 Å². The van der Waals surface area contributed by atoms with Gasteiger partial charge in [0.1, 0.15) is 12.4 Å². The summed E-state index contributed by atoms with van der Waals surface area (Å²) in [6.45, 7) is 2.74. The summed E-state index contributed by atoms with van der Waals surface area (Å²) in [6.07, 6.45) is -3.01. The van der Waals surface area contributed by atoms with Gasteiger partial charge >= 0.3 is 6.18 Å². The molecular formula is C18H20F3N3O4S. The van der Waals surface area contributed by atoms with Crippen molar-refractivity contribution in [2.45, 2.75) is 24.8 Å². The number of rotatable bonds is 9. The van der Waals surface area contributed by atoms with Gasteiger partial charge in [0.2, 0.25) is 5.91 Å². The number of ether oxygens (including phenoxy) is 2. The molecule has 29 heavy (non-hydrogen) atoms. The van der Waals surface area contributed by atoms with E-state index in [1.807, 2.05) is 6.92 Å². The van der Waals surface area contributed by atoms with E-state index >= 15 is 0 Å². The zero-order valence-corrected chi connectivity index (χ0v) is 16.6. The van der Waals surface area contributed by atoms with Crippen LogP contribution in [-0.2, 0) is 22.3 Å². The average molecular weight is 431 g/mol. The summed E-state index contributed by atoms with van der Waals surface area (Å²) in [5.74, 6) is -0.618. The van der Waals surface area contributed by atoms with Crippen LogP contribution in [0.3, 0.4) is 0 Å². The van der Waals surface area contributed by atoms with E-state index in [9.17, 15) is 22.8 Å². The van der Waals surface area contributed by atoms with Gasteiger partial charge < -0.3 is 19.4 Å². The highest BCUT2D eigenvalue weighted by atomic mass is 32.2. The number of anilines is 1. The highest BCUT2D eigenvalue weighted by molar-refractivity contribution is 7.99. The molecule has 0 aliphatic rings. The van der Waals surface area contributed by atoms with Gasteiger partial charge in [0.25, 0.3) is 5.56 Å². The molecule has 7 nitrogen and oxygen atoms in total. The van der Waals surface area contributed by atoms with Gasteiger partial charge in [-0.15, -0.1) is 0 Å². The van der Waals surface area contributed by atoms with E-state index in [0.717, 1.165) is 30.0 Å². The lowest BCUT2D eigenvalue weighted by Crippen LogP contribution is -2.18. The second-order valence-corrected chi connectivity index (χ2v) is 6.66. The van der Waals surface area contributed by atoms with Gasteiger partial charge in [-0.2, -0.15) is 18.2 Å².